The van der Waals surface area contributed by atoms with E-state index in [4.69, 9.17) is 9.47 Å². The summed E-state index contributed by atoms with van der Waals surface area (Å²) in [7, 11) is 1.54. The quantitative estimate of drug-likeness (QED) is 0.222. The molecular formula is C29H32INO6S. The van der Waals surface area contributed by atoms with E-state index in [0.29, 0.717) is 25.3 Å². The summed E-state index contributed by atoms with van der Waals surface area (Å²) in [5, 5.41) is 22.4. The highest BCUT2D eigenvalue weighted by Gasteiger charge is 2.56. The van der Waals surface area contributed by atoms with Gasteiger partial charge in [0.1, 0.15) is 0 Å². The van der Waals surface area contributed by atoms with E-state index in [1.807, 2.05) is 29.6 Å². The van der Waals surface area contributed by atoms with E-state index in [-0.39, 0.29) is 36.2 Å². The van der Waals surface area contributed by atoms with Crippen molar-refractivity contribution in [1.29, 1.82) is 0 Å². The number of fused-ring (bicyclic) bond motifs is 3. The number of aliphatic hydroxyl groups excluding tert-OH is 1. The van der Waals surface area contributed by atoms with E-state index >= 15 is 0 Å². The number of hydrogen-bond acceptors (Lipinski definition) is 7. The molecule has 1 aromatic heterocycles. The van der Waals surface area contributed by atoms with E-state index in [0.717, 1.165) is 44.4 Å². The van der Waals surface area contributed by atoms with Gasteiger partial charge < -0.3 is 19.7 Å². The average molecular weight is 650 g/mol. The van der Waals surface area contributed by atoms with Crippen molar-refractivity contribution < 1.29 is 29.3 Å². The van der Waals surface area contributed by atoms with Crippen LogP contribution in [0.2, 0.25) is 0 Å². The van der Waals surface area contributed by atoms with E-state index in [1.54, 1.807) is 18.4 Å². The lowest BCUT2D eigenvalue weighted by atomic mass is 9.69. The van der Waals surface area contributed by atoms with E-state index in [2.05, 4.69) is 35.6 Å². The van der Waals surface area contributed by atoms with Crippen LogP contribution in [-0.4, -0.2) is 53.4 Å². The number of phenols is 1. The van der Waals surface area contributed by atoms with Gasteiger partial charge in [-0.15, -0.1) is 11.3 Å². The number of hydrogen-bond donors (Lipinski definition) is 2. The normalized spacial score (nSPS) is 25.3. The lowest BCUT2D eigenvalue weighted by Crippen LogP contribution is -2.34. The standard InChI is InChI=1S/C29H32INO6S/c1-3-16(9-17-10-22(30)27(33)24(11-17)36-2)6-7-23-25-18(14-32)12-20-26(21(25)15-37-23)29(35)31(28(20)34)13-19-5-4-8-38-19/h4-5,8-11,20-21,23,26,32-33H,3,6-7,12-15H2,1-2H3/b16-9+/t20-,21+,23-,26-/m1/s1. The number of aromatic hydroxyl groups is 1. The number of amides is 2. The molecule has 0 radical (unpaired) electrons. The fourth-order valence-electron chi connectivity index (χ4n) is 6.13. The first-order chi connectivity index (χ1) is 18.4. The lowest BCUT2D eigenvalue weighted by molar-refractivity contribution is -0.140. The molecule has 0 spiro atoms. The predicted molar refractivity (Wildman–Crippen MR) is 154 cm³/mol. The van der Waals surface area contributed by atoms with Crippen LogP contribution in [-0.2, 0) is 20.9 Å². The average Bonchev–Trinajstić information content (AvgIpc) is 3.64. The van der Waals surface area contributed by atoms with Crippen LogP contribution in [0.1, 0.15) is 43.0 Å². The van der Waals surface area contributed by atoms with Crippen LogP contribution in [0.3, 0.4) is 0 Å². The molecule has 2 aliphatic heterocycles. The summed E-state index contributed by atoms with van der Waals surface area (Å²) in [6, 6.07) is 7.62. The second-order valence-electron chi connectivity index (χ2n) is 10.1. The Bertz CT molecular complexity index is 1290. The van der Waals surface area contributed by atoms with Gasteiger partial charge in [0.2, 0.25) is 11.8 Å². The van der Waals surface area contributed by atoms with Crippen molar-refractivity contribution in [3.8, 4) is 11.5 Å². The maximum atomic E-state index is 13.5. The molecule has 0 unspecified atom stereocenters. The fourth-order valence-corrected chi connectivity index (χ4v) is 7.45. The first-order valence-corrected chi connectivity index (χ1v) is 14.9. The number of carbonyl (C=O) groups excluding carboxylic acids is 2. The minimum atomic E-state index is -0.418. The molecular weight excluding hydrogens is 617 g/mol. The van der Waals surface area contributed by atoms with Crippen molar-refractivity contribution in [2.75, 3.05) is 20.3 Å². The number of carbonyl (C=O) groups is 2. The number of ether oxygens (including phenoxy) is 2. The van der Waals surface area contributed by atoms with E-state index in [1.165, 1.54) is 10.5 Å². The molecule has 0 saturated carbocycles. The van der Waals surface area contributed by atoms with Gasteiger partial charge in [0.05, 0.1) is 48.4 Å². The maximum Gasteiger partial charge on any atom is 0.234 e. The number of halogens is 1. The topological polar surface area (TPSA) is 96.3 Å². The highest BCUT2D eigenvalue weighted by Crippen LogP contribution is 2.50. The number of nitrogens with zero attached hydrogens (tertiary/aromatic N) is 1. The molecule has 5 rings (SSSR count). The van der Waals surface area contributed by atoms with Crippen LogP contribution in [0.15, 0.2) is 46.4 Å². The van der Waals surface area contributed by atoms with Gasteiger partial charge in [-0.2, -0.15) is 0 Å². The molecule has 1 aromatic carbocycles. The zero-order valence-electron chi connectivity index (χ0n) is 21.5. The predicted octanol–water partition coefficient (Wildman–Crippen LogP) is 5.15. The number of allylic oxidation sites excluding steroid dienone is 1. The number of aliphatic hydroxyl groups is 1. The van der Waals surface area contributed by atoms with Gasteiger partial charge in [0, 0.05) is 10.8 Å². The Morgan fingerprint density at radius 2 is 2.11 bits per heavy atom. The van der Waals surface area contributed by atoms with Gasteiger partial charge in [-0.05, 0) is 88.6 Å². The lowest BCUT2D eigenvalue weighted by Gasteiger charge is -2.31. The largest absolute Gasteiger partial charge is 0.504 e. The van der Waals surface area contributed by atoms with Crippen molar-refractivity contribution in [2.45, 2.75) is 45.3 Å². The zero-order valence-corrected chi connectivity index (χ0v) is 24.5. The number of rotatable bonds is 9. The SMILES string of the molecule is CC/C(=C\c1cc(I)c(O)c(OC)c1)CC[C@H]1OC[C@H]2C1=C(CO)C[C@H]1C(=O)N(Cc3cccs3)C(=O)[C@H]12. The number of benzene rings is 1. The Morgan fingerprint density at radius 1 is 1.29 bits per heavy atom. The second kappa shape index (κ2) is 11.5. The summed E-state index contributed by atoms with van der Waals surface area (Å²) in [6.45, 7) is 2.70. The third-order valence-electron chi connectivity index (χ3n) is 8.01. The summed E-state index contributed by atoms with van der Waals surface area (Å²) < 4.78 is 12.3. The van der Waals surface area contributed by atoms with E-state index in [9.17, 15) is 19.8 Å². The second-order valence-corrected chi connectivity index (χ2v) is 12.3. The number of phenolic OH excluding ortho intramolecular Hbond substituents is 1. The highest BCUT2D eigenvalue weighted by molar-refractivity contribution is 14.1. The third kappa shape index (κ3) is 5.05. The van der Waals surface area contributed by atoms with Crippen LogP contribution in [0, 0.1) is 21.3 Å². The van der Waals surface area contributed by atoms with Crippen LogP contribution < -0.4 is 4.74 Å². The minimum absolute atomic E-state index is 0.109. The maximum absolute atomic E-state index is 13.5. The van der Waals surface area contributed by atoms with Crippen LogP contribution in [0.5, 0.6) is 11.5 Å². The van der Waals surface area contributed by atoms with Crippen molar-refractivity contribution in [3.63, 3.8) is 0 Å². The molecule has 7 nitrogen and oxygen atoms in total. The number of methoxy groups -OCH3 is 1. The molecule has 2 amide bonds. The van der Waals surface area contributed by atoms with Gasteiger partial charge in [0.15, 0.2) is 11.5 Å². The van der Waals surface area contributed by atoms with Crippen molar-refractivity contribution in [2.24, 2.45) is 17.8 Å². The van der Waals surface area contributed by atoms with Crippen molar-refractivity contribution in [3.05, 3.63) is 60.4 Å². The van der Waals surface area contributed by atoms with Crippen LogP contribution >= 0.6 is 33.9 Å². The van der Waals surface area contributed by atoms with Crippen LogP contribution in [0.4, 0.5) is 0 Å². The Labute approximate surface area is 240 Å². The van der Waals surface area contributed by atoms with Crippen molar-refractivity contribution in [1.82, 2.24) is 4.90 Å². The molecule has 2 N–H and O–H groups in total. The van der Waals surface area contributed by atoms with Gasteiger partial charge in [0.25, 0.3) is 0 Å². The zero-order chi connectivity index (χ0) is 27.0. The molecule has 2 fully saturated rings. The summed E-state index contributed by atoms with van der Waals surface area (Å²) in [6.07, 6.45) is 4.75. The third-order valence-corrected chi connectivity index (χ3v) is 9.69. The monoisotopic (exact) mass is 649 g/mol. The first kappa shape index (κ1) is 27.4. The summed E-state index contributed by atoms with van der Waals surface area (Å²) in [5.74, 6) is -0.647. The Hall–Kier alpha value is -2.21. The molecule has 38 heavy (non-hydrogen) atoms. The fraction of sp³-hybridized carbons (Fsp3) is 0.448. The Balaban J connectivity index is 1.33. The molecule has 202 valence electrons. The molecule has 3 heterocycles. The van der Waals surface area contributed by atoms with Gasteiger partial charge in [-0.1, -0.05) is 24.6 Å². The molecule has 1 aliphatic carbocycles. The molecule has 3 aliphatic rings. The number of imide groups is 1. The summed E-state index contributed by atoms with van der Waals surface area (Å²) >= 11 is 3.64. The molecule has 2 aromatic rings. The van der Waals surface area contributed by atoms with E-state index < -0.39 is 11.8 Å². The summed E-state index contributed by atoms with van der Waals surface area (Å²) in [5.41, 5.74) is 4.08. The number of likely N-dealkylation sites (tertiary alicyclic amines) is 1. The molecule has 0 bridgehead atoms. The van der Waals surface area contributed by atoms with Crippen LogP contribution in [0.25, 0.3) is 6.08 Å². The highest BCUT2D eigenvalue weighted by atomic mass is 127. The first-order valence-electron chi connectivity index (χ1n) is 12.9. The van der Waals surface area contributed by atoms with Gasteiger partial charge in [-0.3, -0.25) is 14.5 Å². The number of thiophene rings is 1. The molecule has 9 heteroatoms. The van der Waals surface area contributed by atoms with Gasteiger partial charge >= 0.3 is 0 Å². The minimum Gasteiger partial charge on any atom is -0.504 e. The van der Waals surface area contributed by atoms with Gasteiger partial charge in [-0.25, -0.2) is 0 Å². The Morgan fingerprint density at radius 3 is 2.79 bits per heavy atom. The smallest absolute Gasteiger partial charge is 0.234 e. The van der Waals surface area contributed by atoms with Crippen molar-refractivity contribution >= 4 is 51.8 Å². The Kier molecular flexibility index (Phi) is 8.27. The summed E-state index contributed by atoms with van der Waals surface area (Å²) in [4.78, 5) is 29.1. The molecule has 4 atom stereocenters. The molecule has 2 saturated heterocycles.